The van der Waals surface area contributed by atoms with Gasteiger partial charge >= 0.3 is 0 Å². The van der Waals surface area contributed by atoms with Crippen LogP contribution in [-0.4, -0.2) is 28.3 Å². The first kappa shape index (κ1) is 12.3. The van der Waals surface area contributed by atoms with Crippen molar-refractivity contribution in [1.82, 2.24) is 15.2 Å². The minimum absolute atomic E-state index is 0.750. The summed E-state index contributed by atoms with van der Waals surface area (Å²) in [4.78, 5) is 7.93. The minimum atomic E-state index is 0.750. The smallest absolute Gasteiger partial charge is 0.169 e. The van der Waals surface area contributed by atoms with E-state index in [0.717, 1.165) is 50.8 Å². The Hall–Kier alpha value is -1.46. The van der Waals surface area contributed by atoms with Gasteiger partial charge in [-0.3, -0.25) is 0 Å². The number of fused-ring (bicyclic) bond motifs is 3. The monoisotopic (exact) mass is 304 g/mol. The molecule has 0 N–H and O–H groups in total. The Balaban J connectivity index is 2.12. The fraction of sp³-hybridized carbons (Fsp3) is 0.357. The first-order valence-electron chi connectivity index (χ1n) is 6.62. The lowest BCUT2D eigenvalue weighted by molar-refractivity contribution is 0.608. The van der Waals surface area contributed by atoms with Gasteiger partial charge in [-0.05, 0) is 25.8 Å². The maximum absolute atomic E-state index is 6.35. The molecule has 0 atom stereocenters. The van der Waals surface area contributed by atoms with Crippen LogP contribution in [0.2, 0.25) is 5.02 Å². The molecule has 102 valence electrons. The van der Waals surface area contributed by atoms with Gasteiger partial charge in [0, 0.05) is 23.9 Å². The number of anilines is 1. The van der Waals surface area contributed by atoms with Gasteiger partial charge in [-0.1, -0.05) is 11.6 Å². The van der Waals surface area contributed by atoms with E-state index in [4.69, 9.17) is 11.6 Å². The van der Waals surface area contributed by atoms with E-state index in [1.807, 2.05) is 13.1 Å². The summed E-state index contributed by atoms with van der Waals surface area (Å²) in [6, 6.07) is 0. The van der Waals surface area contributed by atoms with Gasteiger partial charge in [-0.15, -0.1) is 16.4 Å². The second-order valence-corrected chi connectivity index (χ2v) is 6.55. The van der Waals surface area contributed by atoms with Crippen LogP contribution >= 0.6 is 22.9 Å². The molecule has 0 saturated carbocycles. The number of pyridine rings is 1. The molecule has 0 aliphatic carbocycles. The first-order valence-corrected chi connectivity index (χ1v) is 7.82. The highest BCUT2D eigenvalue weighted by Gasteiger charge is 2.22. The van der Waals surface area contributed by atoms with Crippen LogP contribution in [0.4, 0.5) is 5.82 Å². The summed E-state index contributed by atoms with van der Waals surface area (Å²) < 4.78 is 1.17. The van der Waals surface area contributed by atoms with Gasteiger partial charge in [0.15, 0.2) is 5.82 Å². The molecule has 4 rings (SSSR count). The van der Waals surface area contributed by atoms with Crippen LogP contribution in [0, 0.1) is 13.8 Å². The molecular weight excluding hydrogens is 292 g/mol. The molecule has 1 aliphatic rings. The molecule has 0 aromatic carbocycles. The number of halogens is 1. The van der Waals surface area contributed by atoms with Crippen molar-refractivity contribution in [1.29, 1.82) is 0 Å². The molecule has 0 spiro atoms. The van der Waals surface area contributed by atoms with Crippen LogP contribution in [0.1, 0.15) is 17.7 Å². The quantitative estimate of drug-likeness (QED) is 0.687. The lowest BCUT2D eigenvalue weighted by Crippen LogP contribution is -2.37. The average Bonchev–Trinajstić information content (AvgIpc) is 2.73. The molecule has 20 heavy (non-hydrogen) atoms. The second-order valence-electron chi connectivity index (χ2n) is 5.17. The molecule has 6 heteroatoms. The third-order valence-corrected chi connectivity index (χ3v) is 5.57. The Morgan fingerprint density at radius 3 is 2.80 bits per heavy atom. The molecule has 4 nitrogen and oxygen atoms in total. The summed E-state index contributed by atoms with van der Waals surface area (Å²) in [6.45, 7) is 6.13. The number of aromatic nitrogens is 3. The van der Waals surface area contributed by atoms with Crippen LogP contribution in [0.3, 0.4) is 0 Å². The molecule has 1 saturated heterocycles. The standard InChI is InChI=1S/C14H13ClN4S/c1-7-10-9-6-16-18-13(19-4-3-5-19)12(9)20-14(10)17-8(2)11(7)15/h6H,3-5H2,1-2H3. The van der Waals surface area contributed by atoms with Crippen molar-refractivity contribution in [3.63, 3.8) is 0 Å². The Bertz CT molecular complexity index is 838. The number of hydrogen-bond acceptors (Lipinski definition) is 5. The minimum Gasteiger partial charge on any atom is -0.354 e. The third-order valence-electron chi connectivity index (χ3n) is 3.92. The largest absolute Gasteiger partial charge is 0.354 e. The van der Waals surface area contributed by atoms with Gasteiger partial charge in [0.2, 0.25) is 0 Å². The average molecular weight is 305 g/mol. The summed E-state index contributed by atoms with van der Waals surface area (Å²) in [6.07, 6.45) is 3.06. The Morgan fingerprint density at radius 1 is 1.30 bits per heavy atom. The van der Waals surface area contributed by atoms with Gasteiger partial charge < -0.3 is 4.90 Å². The lowest BCUT2D eigenvalue weighted by atomic mass is 10.1. The summed E-state index contributed by atoms with van der Waals surface area (Å²) >= 11 is 8.04. The number of aryl methyl sites for hydroxylation is 2. The predicted octanol–water partition coefficient (Wildman–Crippen LogP) is 3.72. The fourth-order valence-electron chi connectivity index (χ4n) is 2.67. The molecule has 1 aliphatic heterocycles. The molecule has 0 bridgehead atoms. The zero-order valence-electron chi connectivity index (χ0n) is 11.3. The number of nitrogens with zero attached hydrogens (tertiary/aromatic N) is 4. The van der Waals surface area contributed by atoms with Crippen molar-refractivity contribution in [3.8, 4) is 0 Å². The van der Waals surface area contributed by atoms with Gasteiger partial charge in [-0.25, -0.2) is 4.98 Å². The topological polar surface area (TPSA) is 41.9 Å². The van der Waals surface area contributed by atoms with Crippen molar-refractivity contribution in [2.24, 2.45) is 0 Å². The second kappa shape index (κ2) is 4.27. The van der Waals surface area contributed by atoms with E-state index in [-0.39, 0.29) is 0 Å². The number of hydrogen-bond donors (Lipinski definition) is 0. The van der Waals surface area contributed by atoms with Crippen molar-refractivity contribution >= 4 is 49.1 Å². The molecule has 1 fully saturated rings. The van der Waals surface area contributed by atoms with Crippen molar-refractivity contribution in [2.45, 2.75) is 20.3 Å². The fourth-order valence-corrected chi connectivity index (χ4v) is 4.07. The van der Waals surface area contributed by atoms with E-state index in [0.29, 0.717) is 0 Å². The number of rotatable bonds is 1. The summed E-state index contributed by atoms with van der Waals surface area (Å²) in [5.74, 6) is 0.991. The van der Waals surface area contributed by atoms with Crippen LogP contribution < -0.4 is 4.90 Å². The van der Waals surface area contributed by atoms with E-state index < -0.39 is 0 Å². The Kier molecular flexibility index (Phi) is 2.62. The molecule has 4 heterocycles. The number of thiophene rings is 1. The predicted molar refractivity (Wildman–Crippen MR) is 84.0 cm³/mol. The summed E-state index contributed by atoms with van der Waals surface area (Å²) in [5.41, 5.74) is 1.97. The summed E-state index contributed by atoms with van der Waals surface area (Å²) in [5, 5.41) is 11.5. The molecule has 0 unspecified atom stereocenters. The highest BCUT2D eigenvalue weighted by atomic mass is 35.5. The van der Waals surface area contributed by atoms with E-state index in [2.05, 4.69) is 27.0 Å². The van der Waals surface area contributed by atoms with Crippen LogP contribution in [0.5, 0.6) is 0 Å². The summed E-state index contributed by atoms with van der Waals surface area (Å²) in [7, 11) is 0. The maximum atomic E-state index is 6.35. The maximum Gasteiger partial charge on any atom is 0.169 e. The van der Waals surface area contributed by atoms with E-state index >= 15 is 0 Å². The lowest BCUT2D eigenvalue weighted by Gasteiger charge is -2.31. The van der Waals surface area contributed by atoms with E-state index in [9.17, 15) is 0 Å². The van der Waals surface area contributed by atoms with Crippen molar-refractivity contribution in [2.75, 3.05) is 18.0 Å². The molecule has 0 amide bonds. The highest BCUT2D eigenvalue weighted by Crippen LogP contribution is 2.41. The van der Waals surface area contributed by atoms with Crippen LogP contribution in [0.25, 0.3) is 20.3 Å². The van der Waals surface area contributed by atoms with Gasteiger partial charge in [0.25, 0.3) is 0 Å². The first-order chi connectivity index (χ1) is 9.66. The van der Waals surface area contributed by atoms with E-state index in [1.165, 1.54) is 11.1 Å². The van der Waals surface area contributed by atoms with Crippen LogP contribution in [0.15, 0.2) is 6.20 Å². The van der Waals surface area contributed by atoms with E-state index in [1.54, 1.807) is 11.3 Å². The zero-order valence-corrected chi connectivity index (χ0v) is 12.8. The van der Waals surface area contributed by atoms with Gasteiger partial charge in [0.1, 0.15) is 4.83 Å². The van der Waals surface area contributed by atoms with Gasteiger partial charge in [-0.2, -0.15) is 5.10 Å². The molecule has 3 aromatic rings. The Morgan fingerprint density at radius 2 is 2.10 bits per heavy atom. The highest BCUT2D eigenvalue weighted by molar-refractivity contribution is 7.26. The molecule has 0 radical (unpaired) electrons. The van der Waals surface area contributed by atoms with Crippen molar-refractivity contribution in [3.05, 3.63) is 22.5 Å². The van der Waals surface area contributed by atoms with Gasteiger partial charge in [0.05, 0.1) is 21.6 Å². The molecule has 3 aromatic heterocycles. The zero-order chi connectivity index (χ0) is 13.9. The third kappa shape index (κ3) is 1.56. The van der Waals surface area contributed by atoms with Crippen molar-refractivity contribution < 1.29 is 0 Å². The Labute approximate surface area is 125 Å². The van der Waals surface area contributed by atoms with Crippen LogP contribution in [-0.2, 0) is 0 Å². The molecular formula is C14H13ClN4S. The normalized spacial score (nSPS) is 15.1. The SMILES string of the molecule is Cc1nc2sc3c(N4CCC4)nncc3c2c(C)c1Cl.